The van der Waals surface area contributed by atoms with Gasteiger partial charge in [0.2, 0.25) is 10.0 Å². The van der Waals surface area contributed by atoms with Crippen molar-refractivity contribution in [2.45, 2.75) is 32.7 Å². The Hall–Kier alpha value is -2.62. The summed E-state index contributed by atoms with van der Waals surface area (Å²) in [7, 11) is -3.41. The predicted molar refractivity (Wildman–Crippen MR) is 99.0 cm³/mol. The SMILES string of the molecule is CCCNC(=O)NC(=O)COC(=O)c1ccc2c(c1)C[C@H](C)N2S(C)(=O)=O. The number of hydrogen-bond donors (Lipinski definition) is 2. The van der Waals surface area contributed by atoms with Crippen LogP contribution in [0.3, 0.4) is 0 Å². The van der Waals surface area contributed by atoms with E-state index in [9.17, 15) is 22.8 Å². The van der Waals surface area contributed by atoms with Crippen LogP contribution in [0.25, 0.3) is 0 Å². The molecule has 2 N–H and O–H groups in total. The number of carbonyl (C=O) groups excluding carboxylic acids is 3. The van der Waals surface area contributed by atoms with Crippen molar-refractivity contribution in [2.24, 2.45) is 0 Å². The third-order valence-corrected chi connectivity index (χ3v) is 5.22. The Morgan fingerprint density at radius 3 is 2.63 bits per heavy atom. The first-order valence-electron chi connectivity index (χ1n) is 8.50. The van der Waals surface area contributed by atoms with Crippen molar-refractivity contribution in [1.82, 2.24) is 10.6 Å². The fourth-order valence-corrected chi connectivity index (χ4v) is 4.16. The maximum absolute atomic E-state index is 12.1. The number of urea groups is 1. The molecule has 9 nitrogen and oxygen atoms in total. The molecule has 0 fully saturated rings. The topological polar surface area (TPSA) is 122 Å². The molecule has 0 unspecified atom stereocenters. The van der Waals surface area contributed by atoms with Gasteiger partial charge in [0.15, 0.2) is 6.61 Å². The molecule has 1 heterocycles. The Morgan fingerprint density at radius 1 is 1.30 bits per heavy atom. The van der Waals surface area contributed by atoms with E-state index in [0.29, 0.717) is 24.2 Å². The lowest BCUT2D eigenvalue weighted by Crippen LogP contribution is -2.41. The van der Waals surface area contributed by atoms with Gasteiger partial charge >= 0.3 is 12.0 Å². The van der Waals surface area contributed by atoms with Crippen LogP contribution in [0.15, 0.2) is 18.2 Å². The summed E-state index contributed by atoms with van der Waals surface area (Å²) < 4.78 is 30.1. The molecule has 148 valence electrons. The number of nitrogens with one attached hydrogen (secondary N) is 2. The Balaban J connectivity index is 1.98. The molecular formula is C17H23N3O6S. The van der Waals surface area contributed by atoms with Gasteiger partial charge in [-0.2, -0.15) is 0 Å². The number of nitrogens with zero attached hydrogens (tertiary/aromatic N) is 1. The second kappa shape index (κ2) is 8.38. The molecule has 10 heteroatoms. The molecule has 2 rings (SSSR count). The first-order chi connectivity index (χ1) is 12.6. The molecule has 0 radical (unpaired) electrons. The molecule has 0 aliphatic carbocycles. The maximum atomic E-state index is 12.1. The number of amides is 3. The first-order valence-corrected chi connectivity index (χ1v) is 10.4. The Morgan fingerprint density at radius 2 is 2.00 bits per heavy atom. The van der Waals surface area contributed by atoms with Gasteiger partial charge in [0, 0.05) is 12.6 Å². The average molecular weight is 397 g/mol. The summed E-state index contributed by atoms with van der Waals surface area (Å²) in [6.45, 7) is 3.49. The van der Waals surface area contributed by atoms with Gasteiger partial charge in [-0.15, -0.1) is 0 Å². The number of esters is 1. The van der Waals surface area contributed by atoms with Crippen LogP contribution in [0.4, 0.5) is 10.5 Å². The zero-order chi connectivity index (χ0) is 20.2. The van der Waals surface area contributed by atoms with Gasteiger partial charge in [-0.1, -0.05) is 6.92 Å². The number of carbonyl (C=O) groups is 3. The molecule has 1 atom stereocenters. The molecule has 27 heavy (non-hydrogen) atoms. The zero-order valence-corrected chi connectivity index (χ0v) is 16.3. The summed E-state index contributed by atoms with van der Waals surface area (Å²) in [5, 5.41) is 4.52. The quantitative estimate of drug-likeness (QED) is 0.685. The van der Waals surface area contributed by atoms with Crippen LogP contribution in [-0.4, -0.2) is 51.8 Å². The number of ether oxygens (including phenoxy) is 1. The van der Waals surface area contributed by atoms with E-state index >= 15 is 0 Å². The minimum absolute atomic E-state index is 0.208. The molecule has 0 saturated carbocycles. The summed E-state index contributed by atoms with van der Waals surface area (Å²) in [6, 6.07) is 3.67. The molecule has 1 aromatic rings. The monoisotopic (exact) mass is 397 g/mol. The molecule has 1 aliphatic heterocycles. The minimum atomic E-state index is -3.41. The molecule has 1 aliphatic rings. The highest BCUT2D eigenvalue weighted by Gasteiger charge is 2.32. The Bertz CT molecular complexity index is 852. The highest BCUT2D eigenvalue weighted by Crippen LogP contribution is 2.34. The smallest absolute Gasteiger partial charge is 0.338 e. The number of rotatable bonds is 6. The summed E-state index contributed by atoms with van der Waals surface area (Å²) in [4.78, 5) is 35.1. The molecule has 0 aromatic heterocycles. The number of imide groups is 1. The van der Waals surface area contributed by atoms with Crippen molar-refractivity contribution in [3.8, 4) is 0 Å². The van der Waals surface area contributed by atoms with Gasteiger partial charge in [-0.25, -0.2) is 18.0 Å². The van der Waals surface area contributed by atoms with Crippen LogP contribution >= 0.6 is 0 Å². The third-order valence-electron chi connectivity index (χ3n) is 3.95. The lowest BCUT2D eigenvalue weighted by molar-refractivity contribution is -0.123. The van der Waals surface area contributed by atoms with Crippen LogP contribution in [-0.2, 0) is 26.0 Å². The second-order valence-corrected chi connectivity index (χ2v) is 8.20. The van der Waals surface area contributed by atoms with Crippen molar-refractivity contribution in [3.05, 3.63) is 29.3 Å². The van der Waals surface area contributed by atoms with Gasteiger partial charge in [-0.05, 0) is 43.5 Å². The van der Waals surface area contributed by atoms with Crippen LogP contribution in [0.5, 0.6) is 0 Å². The summed E-state index contributed by atoms with van der Waals surface area (Å²) in [5.41, 5.74) is 1.46. The first kappa shape index (κ1) is 20.7. The van der Waals surface area contributed by atoms with Crippen molar-refractivity contribution >= 4 is 33.6 Å². The summed E-state index contributed by atoms with van der Waals surface area (Å²) in [6.07, 6.45) is 2.34. The number of sulfonamides is 1. The van der Waals surface area contributed by atoms with E-state index in [-0.39, 0.29) is 11.6 Å². The van der Waals surface area contributed by atoms with Crippen molar-refractivity contribution in [1.29, 1.82) is 0 Å². The van der Waals surface area contributed by atoms with E-state index in [1.807, 2.05) is 6.92 Å². The van der Waals surface area contributed by atoms with Crippen molar-refractivity contribution in [2.75, 3.05) is 23.7 Å². The van der Waals surface area contributed by atoms with Crippen LogP contribution in [0.2, 0.25) is 0 Å². The molecule has 0 saturated heterocycles. The third kappa shape index (κ3) is 5.19. The number of fused-ring (bicyclic) bond motifs is 1. The van der Waals surface area contributed by atoms with E-state index in [1.165, 1.54) is 10.4 Å². The van der Waals surface area contributed by atoms with Crippen molar-refractivity contribution in [3.63, 3.8) is 0 Å². The zero-order valence-electron chi connectivity index (χ0n) is 15.4. The number of anilines is 1. The number of benzene rings is 1. The number of hydrogen-bond acceptors (Lipinski definition) is 6. The normalized spacial score (nSPS) is 15.8. The Kier molecular flexibility index (Phi) is 6.42. The predicted octanol–water partition coefficient (Wildman–Crippen LogP) is 0.790. The van der Waals surface area contributed by atoms with Gasteiger partial charge in [0.05, 0.1) is 17.5 Å². The van der Waals surface area contributed by atoms with Crippen LogP contribution in [0, 0.1) is 0 Å². The second-order valence-electron chi connectivity index (χ2n) is 6.34. The van der Waals surface area contributed by atoms with Gasteiger partial charge < -0.3 is 10.1 Å². The standard InChI is InChI=1S/C17H23N3O6S/c1-4-7-18-17(23)19-15(21)10-26-16(22)12-5-6-14-13(9-12)8-11(2)20(14)27(3,24)25/h5-6,9,11H,4,7-8,10H2,1-3H3,(H2,18,19,21,23)/t11-/m0/s1. The van der Waals surface area contributed by atoms with E-state index in [4.69, 9.17) is 4.74 Å². The Labute approximate surface area is 158 Å². The van der Waals surface area contributed by atoms with Gasteiger partial charge in [0.25, 0.3) is 5.91 Å². The highest BCUT2D eigenvalue weighted by atomic mass is 32.2. The van der Waals surface area contributed by atoms with Gasteiger partial charge in [-0.3, -0.25) is 14.4 Å². The molecule has 0 spiro atoms. The molecule has 1 aromatic carbocycles. The molecule has 3 amide bonds. The lowest BCUT2D eigenvalue weighted by Gasteiger charge is -2.21. The summed E-state index contributed by atoms with van der Waals surface area (Å²) >= 11 is 0. The molecule has 0 bridgehead atoms. The highest BCUT2D eigenvalue weighted by molar-refractivity contribution is 7.92. The fraction of sp³-hybridized carbons (Fsp3) is 0.471. The summed E-state index contributed by atoms with van der Waals surface area (Å²) in [5.74, 6) is -1.47. The van der Waals surface area contributed by atoms with Crippen LogP contribution in [0.1, 0.15) is 36.2 Å². The van der Waals surface area contributed by atoms with E-state index in [0.717, 1.165) is 12.7 Å². The van der Waals surface area contributed by atoms with Gasteiger partial charge in [0.1, 0.15) is 0 Å². The maximum Gasteiger partial charge on any atom is 0.338 e. The molecular weight excluding hydrogens is 374 g/mol. The van der Waals surface area contributed by atoms with Crippen molar-refractivity contribution < 1.29 is 27.5 Å². The fourth-order valence-electron chi connectivity index (χ4n) is 2.89. The van der Waals surface area contributed by atoms with E-state index in [2.05, 4.69) is 10.6 Å². The minimum Gasteiger partial charge on any atom is -0.452 e. The van der Waals surface area contributed by atoms with E-state index in [1.54, 1.807) is 19.1 Å². The van der Waals surface area contributed by atoms with E-state index < -0.39 is 34.5 Å². The van der Waals surface area contributed by atoms with Crippen LogP contribution < -0.4 is 14.9 Å². The largest absolute Gasteiger partial charge is 0.452 e. The average Bonchev–Trinajstić information content (AvgIpc) is 2.92. The lowest BCUT2D eigenvalue weighted by atomic mass is 10.1.